The normalized spacial score (nSPS) is 10.4. The van der Waals surface area contributed by atoms with Crippen LogP contribution in [0.25, 0.3) is 0 Å². The first-order valence-electron chi connectivity index (χ1n) is 9.48. The molecule has 0 aliphatic rings. The Morgan fingerprint density at radius 1 is 0.862 bits per heavy atom. The molecule has 0 spiro atoms. The third-order valence-corrected chi connectivity index (χ3v) is 4.31. The van der Waals surface area contributed by atoms with Gasteiger partial charge < -0.3 is 15.4 Å². The second kappa shape index (κ2) is 8.89. The monoisotopic (exact) mass is 382 g/mol. The highest BCUT2D eigenvalue weighted by atomic mass is 16.5. The molecule has 0 bridgehead atoms. The van der Waals surface area contributed by atoms with E-state index >= 15 is 0 Å². The van der Waals surface area contributed by atoms with Crippen molar-refractivity contribution >= 4 is 17.5 Å². The molecular formula is C24H22N4O. The van der Waals surface area contributed by atoms with E-state index in [0.29, 0.717) is 18.3 Å². The molecule has 3 aromatic carbocycles. The molecule has 0 fully saturated rings. The summed E-state index contributed by atoms with van der Waals surface area (Å²) in [5.41, 5.74) is 3.25. The third kappa shape index (κ3) is 5.11. The number of hydrogen-bond donors (Lipinski definition) is 2. The fourth-order valence-electron chi connectivity index (χ4n) is 2.93. The van der Waals surface area contributed by atoms with E-state index in [4.69, 9.17) is 4.74 Å². The predicted octanol–water partition coefficient (Wildman–Crippen LogP) is 5.93. The zero-order chi connectivity index (χ0) is 19.9. The van der Waals surface area contributed by atoms with Gasteiger partial charge >= 0.3 is 0 Å². The Balaban J connectivity index is 1.47. The predicted molar refractivity (Wildman–Crippen MR) is 117 cm³/mol. The summed E-state index contributed by atoms with van der Waals surface area (Å²) in [6, 6.07) is 27.7. The van der Waals surface area contributed by atoms with E-state index in [9.17, 15) is 0 Å². The lowest BCUT2D eigenvalue weighted by Gasteiger charge is -2.13. The van der Waals surface area contributed by atoms with Crippen LogP contribution in [0.5, 0.6) is 11.5 Å². The number of nitrogens with zero attached hydrogens (tertiary/aromatic N) is 2. The first-order chi connectivity index (χ1) is 14.3. The van der Waals surface area contributed by atoms with E-state index in [2.05, 4.69) is 51.8 Å². The number of aryl methyl sites for hydroxylation is 1. The number of ether oxygens (including phenoxy) is 1. The second-order valence-electron chi connectivity index (χ2n) is 6.64. The summed E-state index contributed by atoms with van der Waals surface area (Å²) in [5.74, 6) is 2.77. The van der Waals surface area contributed by atoms with Gasteiger partial charge in [0.25, 0.3) is 0 Å². The van der Waals surface area contributed by atoms with E-state index in [-0.39, 0.29) is 0 Å². The molecule has 0 radical (unpaired) electrons. The van der Waals surface area contributed by atoms with Crippen molar-refractivity contribution in [3.63, 3.8) is 0 Å². The van der Waals surface area contributed by atoms with Crippen LogP contribution in [-0.4, -0.2) is 9.97 Å². The summed E-state index contributed by atoms with van der Waals surface area (Å²) in [5, 5.41) is 6.60. The average Bonchev–Trinajstić information content (AvgIpc) is 2.75. The lowest BCUT2D eigenvalue weighted by molar-refractivity contribution is 0.485. The Kier molecular flexibility index (Phi) is 5.67. The first kappa shape index (κ1) is 18.5. The fourth-order valence-corrected chi connectivity index (χ4v) is 2.93. The van der Waals surface area contributed by atoms with Crippen molar-refractivity contribution in [2.75, 3.05) is 10.6 Å². The summed E-state index contributed by atoms with van der Waals surface area (Å²) >= 11 is 0. The van der Waals surface area contributed by atoms with Crippen LogP contribution in [-0.2, 0) is 6.54 Å². The van der Waals surface area contributed by atoms with Crippen molar-refractivity contribution in [1.82, 2.24) is 9.97 Å². The molecule has 4 rings (SSSR count). The Labute approximate surface area is 170 Å². The topological polar surface area (TPSA) is 59.1 Å². The van der Waals surface area contributed by atoms with Crippen LogP contribution >= 0.6 is 0 Å². The van der Waals surface area contributed by atoms with Gasteiger partial charge in [0, 0.05) is 12.7 Å². The Morgan fingerprint density at radius 3 is 2.55 bits per heavy atom. The molecule has 0 aliphatic heterocycles. The van der Waals surface area contributed by atoms with E-state index in [1.807, 2.05) is 60.7 Å². The standard InChI is InChI=1S/C24H22N4O/c1-18-8-7-9-19(16-18)17-26-24-25-15-14-23(28-24)27-21-12-5-6-13-22(21)29-20-10-3-2-4-11-20/h2-16H,17H2,1H3,(H2,25,26,27,28). The smallest absolute Gasteiger partial charge is 0.224 e. The number of nitrogens with one attached hydrogen (secondary N) is 2. The summed E-state index contributed by atoms with van der Waals surface area (Å²) in [6.07, 6.45) is 1.73. The molecule has 4 aromatic rings. The average molecular weight is 382 g/mol. The highest BCUT2D eigenvalue weighted by molar-refractivity contribution is 5.65. The van der Waals surface area contributed by atoms with Crippen LogP contribution in [0.15, 0.2) is 91.1 Å². The molecule has 0 atom stereocenters. The molecule has 0 aliphatic carbocycles. The van der Waals surface area contributed by atoms with E-state index in [1.54, 1.807) is 6.20 Å². The van der Waals surface area contributed by atoms with Crippen molar-refractivity contribution in [2.45, 2.75) is 13.5 Å². The first-order valence-corrected chi connectivity index (χ1v) is 9.48. The van der Waals surface area contributed by atoms with Gasteiger partial charge in [0.15, 0.2) is 5.75 Å². The second-order valence-corrected chi connectivity index (χ2v) is 6.64. The van der Waals surface area contributed by atoms with Gasteiger partial charge in [0.05, 0.1) is 5.69 Å². The van der Waals surface area contributed by atoms with Crippen molar-refractivity contribution < 1.29 is 4.74 Å². The van der Waals surface area contributed by atoms with Crippen molar-refractivity contribution in [3.8, 4) is 11.5 Å². The number of para-hydroxylation sites is 3. The maximum atomic E-state index is 6.01. The highest BCUT2D eigenvalue weighted by Gasteiger charge is 2.07. The van der Waals surface area contributed by atoms with E-state index < -0.39 is 0 Å². The Morgan fingerprint density at radius 2 is 1.69 bits per heavy atom. The van der Waals surface area contributed by atoms with Gasteiger partial charge in [-0.1, -0.05) is 60.2 Å². The van der Waals surface area contributed by atoms with Gasteiger partial charge in [-0.3, -0.25) is 0 Å². The molecule has 0 unspecified atom stereocenters. The summed E-state index contributed by atoms with van der Waals surface area (Å²) in [4.78, 5) is 8.88. The van der Waals surface area contributed by atoms with E-state index in [0.717, 1.165) is 17.2 Å². The van der Waals surface area contributed by atoms with Crippen molar-refractivity contribution in [3.05, 3.63) is 102 Å². The molecule has 1 aromatic heterocycles. The minimum Gasteiger partial charge on any atom is -0.455 e. The van der Waals surface area contributed by atoms with Crippen LogP contribution in [0.4, 0.5) is 17.5 Å². The number of rotatable bonds is 7. The van der Waals surface area contributed by atoms with Crippen LogP contribution in [0.2, 0.25) is 0 Å². The largest absolute Gasteiger partial charge is 0.455 e. The molecule has 0 amide bonds. The summed E-state index contributed by atoms with van der Waals surface area (Å²) < 4.78 is 6.01. The lowest BCUT2D eigenvalue weighted by atomic mass is 10.1. The lowest BCUT2D eigenvalue weighted by Crippen LogP contribution is -2.05. The van der Waals surface area contributed by atoms with Crippen LogP contribution in [0.1, 0.15) is 11.1 Å². The molecule has 1 heterocycles. The molecular weight excluding hydrogens is 360 g/mol. The molecule has 5 nitrogen and oxygen atoms in total. The van der Waals surface area contributed by atoms with Crippen molar-refractivity contribution in [2.24, 2.45) is 0 Å². The van der Waals surface area contributed by atoms with Gasteiger partial charge in [0.2, 0.25) is 5.95 Å². The minimum atomic E-state index is 0.568. The Bertz CT molecular complexity index is 1080. The molecule has 5 heteroatoms. The third-order valence-electron chi connectivity index (χ3n) is 4.31. The molecule has 0 saturated heterocycles. The maximum Gasteiger partial charge on any atom is 0.224 e. The summed E-state index contributed by atoms with van der Waals surface area (Å²) in [7, 11) is 0. The SMILES string of the molecule is Cc1cccc(CNc2nccc(Nc3ccccc3Oc3ccccc3)n2)c1. The molecule has 0 saturated carbocycles. The maximum absolute atomic E-state index is 6.01. The van der Waals surface area contributed by atoms with Gasteiger partial charge in [-0.15, -0.1) is 0 Å². The Hall–Kier alpha value is -3.86. The zero-order valence-corrected chi connectivity index (χ0v) is 16.2. The van der Waals surface area contributed by atoms with Gasteiger partial charge in [0.1, 0.15) is 11.6 Å². The number of anilines is 3. The van der Waals surface area contributed by atoms with E-state index in [1.165, 1.54) is 11.1 Å². The minimum absolute atomic E-state index is 0.568. The van der Waals surface area contributed by atoms with Gasteiger partial charge in [-0.05, 0) is 42.8 Å². The van der Waals surface area contributed by atoms with Crippen molar-refractivity contribution in [1.29, 1.82) is 0 Å². The molecule has 144 valence electrons. The van der Waals surface area contributed by atoms with Gasteiger partial charge in [-0.2, -0.15) is 4.98 Å². The van der Waals surface area contributed by atoms with Crippen LogP contribution < -0.4 is 15.4 Å². The number of hydrogen-bond acceptors (Lipinski definition) is 5. The summed E-state index contributed by atoms with van der Waals surface area (Å²) in [6.45, 7) is 2.75. The fraction of sp³-hybridized carbons (Fsp3) is 0.0833. The van der Waals surface area contributed by atoms with Gasteiger partial charge in [-0.25, -0.2) is 4.98 Å². The zero-order valence-electron chi connectivity index (χ0n) is 16.2. The molecule has 2 N–H and O–H groups in total. The van der Waals surface area contributed by atoms with Crippen LogP contribution in [0, 0.1) is 6.92 Å². The quantitative estimate of drug-likeness (QED) is 0.415. The highest BCUT2D eigenvalue weighted by Crippen LogP contribution is 2.31. The number of benzene rings is 3. The number of aromatic nitrogens is 2. The van der Waals surface area contributed by atoms with Crippen LogP contribution in [0.3, 0.4) is 0 Å². The molecule has 29 heavy (non-hydrogen) atoms.